The van der Waals surface area contributed by atoms with Crippen LogP contribution in [-0.4, -0.2) is 36.4 Å². The van der Waals surface area contributed by atoms with Gasteiger partial charge in [0.25, 0.3) is 0 Å². The normalized spacial score (nSPS) is 12.2. The molecule has 0 aromatic carbocycles. The zero-order valence-electron chi connectivity index (χ0n) is 29.4. The average Bonchev–Trinajstić information content (AvgIpc) is 3.02. The van der Waals surface area contributed by atoms with Gasteiger partial charge in [-0.2, -0.15) is 0 Å². The van der Waals surface area contributed by atoms with Gasteiger partial charge in [-0.15, -0.1) is 0 Å². The van der Waals surface area contributed by atoms with Gasteiger partial charge < -0.3 is 14.6 Å². The summed E-state index contributed by atoms with van der Waals surface area (Å²) in [5.41, 5.74) is 0. The molecule has 0 aromatic heterocycles. The fourth-order valence-corrected chi connectivity index (χ4v) is 5.61. The quantitative estimate of drug-likeness (QED) is 0.0432. The highest BCUT2D eigenvalue weighted by Gasteiger charge is 2.16. The molecule has 1 atom stereocenters. The van der Waals surface area contributed by atoms with E-state index >= 15 is 0 Å². The highest BCUT2D eigenvalue weighted by Crippen LogP contribution is 2.14. The molecule has 0 aliphatic heterocycles. The van der Waals surface area contributed by atoms with Crippen LogP contribution in [0.15, 0.2) is 12.2 Å². The van der Waals surface area contributed by atoms with E-state index in [2.05, 4.69) is 26.0 Å². The maximum atomic E-state index is 12.1. The van der Waals surface area contributed by atoms with Gasteiger partial charge in [0.05, 0.1) is 6.61 Å². The average molecular weight is 623 g/mol. The van der Waals surface area contributed by atoms with E-state index in [4.69, 9.17) is 9.47 Å². The van der Waals surface area contributed by atoms with E-state index in [9.17, 15) is 14.7 Å². The van der Waals surface area contributed by atoms with Crippen LogP contribution in [0.4, 0.5) is 0 Å². The van der Waals surface area contributed by atoms with Crippen molar-refractivity contribution in [3.05, 3.63) is 12.2 Å². The van der Waals surface area contributed by atoms with Crippen LogP contribution in [0.5, 0.6) is 0 Å². The Morgan fingerprint density at radius 2 is 0.841 bits per heavy atom. The fourth-order valence-electron chi connectivity index (χ4n) is 5.61. The van der Waals surface area contributed by atoms with Crippen LogP contribution in [0.25, 0.3) is 0 Å². The van der Waals surface area contributed by atoms with Crippen molar-refractivity contribution >= 4 is 11.9 Å². The van der Waals surface area contributed by atoms with Crippen molar-refractivity contribution in [1.29, 1.82) is 0 Å². The van der Waals surface area contributed by atoms with Crippen molar-refractivity contribution in [2.45, 2.75) is 213 Å². The lowest BCUT2D eigenvalue weighted by molar-refractivity contribution is -0.161. The lowest BCUT2D eigenvalue weighted by Crippen LogP contribution is -2.28. The zero-order chi connectivity index (χ0) is 32.2. The number of hydrogen-bond acceptors (Lipinski definition) is 5. The lowest BCUT2D eigenvalue weighted by atomic mass is 10.1. The summed E-state index contributed by atoms with van der Waals surface area (Å²) < 4.78 is 10.6. The number of hydrogen-bond donors (Lipinski definition) is 1. The van der Waals surface area contributed by atoms with Gasteiger partial charge in [0.15, 0.2) is 6.10 Å². The van der Waals surface area contributed by atoms with Crippen LogP contribution in [0.2, 0.25) is 0 Å². The molecule has 0 unspecified atom stereocenters. The summed E-state index contributed by atoms with van der Waals surface area (Å²) in [6.45, 7) is 4.13. The molecule has 5 nitrogen and oxygen atoms in total. The van der Waals surface area contributed by atoms with Crippen molar-refractivity contribution in [2.24, 2.45) is 0 Å². The van der Waals surface area contributed by atoms with Gasteiger partial charge in [-0.05, 0) is 38.5 Å². The van der Waals surface area contributed by atoms with E-state index in [1.165, 1.54) is 141 Å². The minimum absolute atomic E-state index is 0.0613. The minimum Gasteiger partial charge on any atom is -0.462 e. The third-order valence-corrected chi connectivity index (χ3v) is 8.56. The Kier molecular flexibility index (Phi) is 35.0. The molecule has 260 valence electrons. The Bertz CT molecular complexity index is 632. The van der Waals surface area contributed by atoms with Gasteiger partial charge in [0.1, 0.15) is 6.61 Å². The predicted molar refractivity (Wildman–Crippen MR) is 187 cm³/mol. The first-order valence-corrected chi connectivity index (χ1v) is 19.2. The summed E-state index contributed by atoms with van der Waals surface area (Å²) in [6.07, 6.45) is 39.9. The minimum atomic E-state index is -0.764. The number of esters is 2. The first kappa shape index (κ1) is 42.6. The third-order valence-electron chi connectivity index (χ3n) is 8.56. The molecule has 0 aliphatic carbocycles. The second kappa shape index (κ2) is 36.1. The zero-order valence-corrected chi connectivity index (χ0v) is 29.4. The Labute approximate surface area is 273 Å². The molecule has 0 rings (SSSR count). The van der Waals surface area contributed by atoms with Crippen LogP contribution in [0.1, 0.15) is 206 Å². The first-order chi connectivity index (χ1) is 21.6. The predicted octanol–water partition coefficient (Wildman–Crippen LogP) is 11.7. The Morgan fingerprint density at radius 1 is 0.500 bits per heavy atom. The van der Waals surface area contributed by atoms with Crippen molar-refractivity contribution in [1.82, 2.24) is 0 Å². The van der Waals surface area contributed by atoms with Crippen molar-refractivity contribution in [2.75, 3.05) is 13.2 Å². The summed E-state index contributed by atoms with van der Waals surface area (Å²) in [4.78, 5) is 24.2. The van der Waals surface area contributed by atoms with Gasteiger partial charge in [0, 0.05) is 12.8 Å². The maximum absolute atomic E-state index is 12.1. The molecule has 0 bridgehead atoms. The van der Waals surface area contributed by atoms with Gasteiger partial charge in [-0.25, -0.2) is 0 Å². The molecule has 0 fully saturated rings. The summed E-state index contributed by atoms with van der Waals surface area (Å²) >= 11 is 0. The number of rotatable bonds is 35. The molecular formula is C39H74O5. The van der Waals surface area contributed by atoms with Crippen LogP contribution < -0.4 is 0 Å². The fraction of sp³-hybridized carbons (Fsp3) is 0.897. The van der Waals surface area contributed by atoms with E-state index < -0.39 is 6.10 Å². The van der Waals surface area contributed by atoms with Crippen LogP contribution in [0, 0.1) is 0 Å². The number of carbonyl (C=O) groups excluding carboxylic acids is 2. The molecule has 0 aromatic rings. The molecule has 0 radical (unpaired) electrons. The Balaban J connectivity index is 3.50. The number of aliphatic hydroxyl groups is 1. The summed E-state index contributed by atoms with van der Waals surface area (Å²) in [5, 5.41) is 9.52. The van der Waals surface area contributed by atoms with Gasteiger partial charge >= 0.3 is 11.9 Å². The SMILES string of the molecule is CCCCCCCC/C=C\CCCCCCCCCCCC(=O)OC[C@H](CO)OC(=O)CCCCCCCCCCCCC. The topological polar surface area (TPSA) is 72.8 Å². The molecular weight excluding hydrogens is 548 g/mol. The maximum Gasteiger partial charge on any atom is 0.306 e. The summed E-state index contributed by atoms with van der Waals surface area (Å²) in [5.74, 6) is -0.586. The highest BCUT2D eigenvalue weighted by atomic mass is 16.6. The second-order valence-corrected chi connectivity index (χ2v) is 13.0. The van der Waals surface area contributed by atoms with E-state index in [0.717, 1.165) is 38.5 Å². The molecule has 1 N–H and O–H groups in total. The lowest BCUT2D eigenvalue weighted by Gasteiger charge is -2.15. The van der Waals surface area contributed by atoms with E-state index in [1.807, 2.05) is 0 Å². The van der Waals surface area contributed by atoms with E-state index in [-0.39, 0.29) is 25.2 Å². The molecule has 0 heterocycles. The second-order valence-electron chi connectivity index (χ2n) is 13.0. The Morgan fingerprint density at radius 3 is 1.23 bits per heavy atom. The van der Waals surface area contributed by atoms with Gasteiger partial charge in [-0.1, -0.05) is 167 Å². The molecule has 0 spiro atoms. The summed E-state index contributed by atoms with van der Waals surface area (Å²) in [7, 11) is 0. The summed E-state index contributed by atoms with van der Waals surface area (Å²) in [6, 6.07) is 0. The van der Waals surface area contributed by atoms with Crippen molar-refractivity contribution in [3.63, 3.8) is 0 Å². The first-order valence-electron chi connectivity index (χ1n) is 19.2. The smallest absolute Gasteiger partial charge is 0.306 e. The van der Waals surface area contributed by atoms with E-state index in [0.29, 0.717) is 12.8 Å². The molecule has 0 amide bonds. The molecule has 5 heteroatoms. The number of allylic oxidation sites excluding steroid dienone is 2. The van der Waals surface area contributed by atoms with Crippen LogP contribution >= 0.6 is 0 Å². The highest BCUT2D eigenvalue weighted by molar-refractivity contribution is 5.70. The van der Waals surface area contributed by atoms with Gasteiger partial charge in [-0.3, -0.25) is 9.59 Å². The molecule has 0 saturated heterocycles. The van der Waals surface area contributed by atoms with Crippen LogP contribution in [0.3, 0.4) is 0 Å². The van der Waals surface area contributed by atoms with E-state index in [1.54, 1.807) is 0 Å². The van der Waals surface area contributed by atoms with Crippen molar-refractivity contribution in [3.8, 4) is 0 Å². The molecule has 0 saturated carbocycles. The Hall–Kier alpha value is -1.36. The largest absolute Gasteiger partial charge is 0.462 e. The third kappa shape index (κ3) is 33.5. The number of carbonyl (C=O) groups is 2. The van der Waals surface area contributed by atoms with Gasteiger partial charge in [0.2, 0.25) is 0 Å². The van der Waals surface area contributed by atoms with Crippen molar-refractivity contribution < 1.29 is 24.2 Å². The number of ether oxygens (including phenoxy) is 2. The number of aliphatic hydroxyl groups excluding tert-OH is 1. The van der Waals surface area contributed by atoms with Crippen LogP contribution in [-0.2, 0) is 19.1 Å². The monoisotopic (exact) mass is 623 g/mol. The standard InChI is InChI=1S/C39H74O5/c1-3-5-7-9-11-13-15-16-17-18-19-20-21-22-24-25-27-29-31-33-38(41)43-36-37(35-40)44-39(42)34-32-30-28-26-23-14-12-10-8-6-4-2/h16-17,37,40H,3-15,18-36H2,1-2H3/b17-16-/t37-/m0/s1. The molecule has 0 aliphatic rings. The number of unbranched alkanes of at least 4 members (excludes halogenated alkanes) is 25. The molecule has 44 heavy (non-hydrogen) atoms.